The molecule has 0 aliphatic carbocycles. The van der Waals surface area contributed by atoms with Gasteiger partial charge in [0.1, 0.15) is 0 Å². The van der Waals surface area contributed by atoms with Crippen LogP contribution in [0.1, 0.15) is 38.2 Å². The van der Waals surface area contributed by atoms with Crippen LogP contribution in [0.4, 0.5) is 0 Å². The fourth-order valence-electron chi connectivity index (χ4n) is 3.00. The number of nitrogens with one attached hydrogen (secondary N) is 1. The molecule has 4 nitrogen and oxygen atoms in total. The summed E-state index contributed by atoms with van der Waals surface area (Å²) in [4.78, 5) is 11.5. The molecule has 1 aromatic carbocycles. The fourth-order valence-corrected chi connectivity index (χ4v) is 3.00. The summed E-state index contributed by atoms with van der Waals surface area (Å²) in [7, 11) is 0. The highest BCUT2D eigenvalue weighted by molar-refractivity contribution is 5.79. The zero-order chi connectivity index (χ0) is 14.0. The Hall–Kier alpha value is -1.71. The number of hydrogen-bond donors (Lipinski definition) is 1. The van der Waals surface area contributed by atoms with Crippen LogP contribution in [0.3, 0.4) is 0 Å². The van der Waals surface area contributed by atoms with E-state index in [1.165, 1.54) is 5.56 Å². The van der Waals surface area contributed by atoms with Gasteiger partial charge >= 0.3 is 0 Å². The van der Waals surface area contributed by atoms with Gasteiger partial charge in [-0.05, 0) is 37.0 Å². The molecular weight excluding hydrogens is 254 g/mol. The second-order valence-electron chi connectivity index (χ2n) is 5.69. The average molecular weight is 275 g/mol. The van der Waals surface area contributed by atoms with E-state index in [0.717, 1.165) is 37.2 Å². The van der Waals surface area contributed by atoms with Gasteiger partial charge in [0.2, 0.25) is 5.91 Å². The van der Waals surface area contributed by atoms with E-state index in [1.807, 2.05) is 6.07 Å². The minimum absolute atomic E-state index is 0.0864. The van der Waals surface area contributed by atoms with E-state index in [-0.39, 0.29) is 11.4 Å². The summed E-state index contributed by atoms with van der Waals surface area (Å²) in [5.41, 5.74) is 1.11. The molecule has 0 saturated carbocycles. The van der Waals surface area contributed by atoms with Crippen molar-refractivity contribution in [2.24, 2.45) is 0 Å². The Morgan fingerprint density at radius 1 is 1.25 bits per heavy atom. The normalized spacial score (nSPS) is 25.1. The molecule has 20 heavy (non-hydrogen) atoms. The van der Waals surface area contributed by atoms with Gasteiger partial charge in [0, 0.05) is 18.4 Å². The molecule has 1 amide bonds. The molecule has 4 heteroatoms. The number of hydrogen-bond acceptors (Lipinski definition) is 3. The molecule has 0 bridgehead atoms. The van der Waals surface area contributed by atoms with Gasteiger partial charge in [-0.3, -0.25) is 4.79 Å². The van der Waals surface area contributed by atoms with E-state index in [4.69, 9.17) is 9.47 Å². The van der Waals surface area contributed by atoms with Gasteiger partial charge in [-0.15, -0.1) is 0 Å². The highest BCUT2D eigenvalue weighted by atomic mass is 16.5. The first-order chi connectivity index (χ1) is 9.71. The molecule has 1 saturated heterocycles. The molecule has 1 unspecified atom stereocenters. The van der Waals surface area contributed by atoms with Crippen molar-refractivity contribution in [3.63, 3.8) is 0 Å². The van der Waals surface area contributed by atoms with E-state index in [9.17, 15) is 4.79 Å². The standard InChI is InChI=1S/C16H21NO3/c1-2-16(7-6-15(18)17-16)11-12-4-5-13-14(10-12)20-9-3-8-19-13/h4-5,10H,2-3,6-9,11H2,1H3,(H,17,18). The van der Waals surface area contributed by atoms with Gasteiger partial charge in [-0.2, -0.15) is 0 Å². The van der Waals surface area contributed by atoms with Crippen molar-refractivity contribution in [3.05, 3.63) is 23.8 Å². The monoisotopic (exact) mass is 275 g/mol. The smallest absolute Gasteiger partial charge is 0.220 e. The summed E-state index contributed by atoms with van der Waals surface area (Å²) < 4.78 is 11.4. The molecule has 0 aromatic heterocycles. The van der Waals surface area contributed by atoms with Gasteiger partial charge in [0.05, 0.1) is 13.2 Å². The lowest BCUT2D eigenvalue weighted by atomic mass is 9.87. The third-order valence-corrected chi connectivity index (χ3v) is 4.27. The van der Waals surface area contributed by atoms with Crippen molar-refractivity contribution in [1.82, 2.24) is 5.32 Å². The van der Waals surface area contributed by atoms with E-state index < -0.39 is 0 Å². The molecule has 2 aliphatic rings. The second kappa shape index (κ2) is 5.35. The first kappa shape index (κ1) is 13.3. The Labute approximate surface area is 119 Å². The summed E-state index contributed by atoms with van der Waals surface area (Å²) >= 11 is 0. The molecule has 1 atom stereocenters. The summed E-state index contributed by atoms with van der Waals surface area (Å²) in [6.07, 6.45) is 4.27. The van der Waals surface area contributed by atoms with Crippen LogP contribution in [-0.2, 0) is 11.2 Å². The first-order valence-corrected chi connectivity index (χ1v) is 7.40. The Morgan fingerprint density at radius 3 is 2.75 bits per heavy atom. The number of benzene rings is 1. The van der Waals surface area contributed by atoms with E-state index in [2.05, 4.69) is 24.4 Å². The molecule has 1 aromatic rings. The number of ether oxygens (including phenoxy) is 2. The molecule has 2 aliphatic heterocycles. The predicted molar refractivity (Wildman–Crippen MR) is 76.2 cm³/mol. The minimum Gasteiger partial charge on any atom is -0.490 e. The fraction of sp³-hybridized carbons (Fsp3) is 0.562. The van der Waals surface area contributed by atoms with Crippen LogP contribution in [0.5, 0.6) is 11.5 Å². The highest BCUT2D eigenvalue weighted by Crippen LogP contribution is 2.34. The molecule has 3 rings (SSSR count). The van der Waals surface area contributed by atoms with Gasteiger partial charge in [0.15, 0.2) is 11.5 Å². The van der Waals surface area contributed by atoms with E-state index >= 15 is 0 Å². The van der Waals surface area contributed by atoms with E-state index in [0.29, 0.717) is 19.6 Å². The molecule has 1 N–H and O–H groups in total. The number of fused-ring (bicyclic) bond motifs is 1. The quantitative estimate of drug-likeness (QED) is 0.921. The van der Waals surface area contributed by atoms with Crippen LogP contribution in [0.25, 0.3) is 0 Å². The van der Waals surface area contributed by atoms with Crippen molar-refractivity contribution in [2.75, 3.05) is 13.2 Å². The maximum atomic E-state index is 11.5. The van der Waals surface area contributed by atoms with Crippen molar-refractivity contribution >= 4 is 5.91 Å². The molecule has 0 radical (unpaired) electrons. The maximum absolute atomic E-state index is 11.5. The topological polar surface area (TPSA) is 47.6 Å². The largest absolute Gasteiger partial charge is 0.490 e. The van der Waals surface area contributed by atoms with Crippen LogP contribution >= 0.6 is 0 Å². The van der Waals surface area contributed by atoms with Crippen LogP contribution in [-0.4, -0.2) is 24.7 Å². The van der Waals surface area contributed by atoms with Crippen LogP contribution in [0.15, 0.2) is 18.2 Å². The van der Waals surface area contributed by atoms with Crippen molar-refractivity contribution in [3.8, 4) is 11.5 Å². The Balaban J connectivity index is 1.80. The number of rotatable bonds is 3. The summed E-state index contributed by atoms with van der Waals surface area (Å²) in [6.45, 7) is 3.54. The van der Waals surface area contributed by atoms with E-state index in [1.54, 1.807) is 0 Å². The Morgan fingerprint density at radius 2 is 2.05 bits per heavy atom. The zero-order valence-electron chi connectivity index (χ0n) is 11.9. The third kappa shape index (κ3) is 2.60. The van der Waals surface area contributed by atoms with Crippen molar-refractivity contribution in [1.29, 1.82) is 0 Å². The summed E-state index contributed by atoms with van der Waals surface area (Å²) in [6, 6.07) is 6.12. The highest BCUT2D eigenvalue weighted by Gasteiger charge is 2.36. The molecule has 0 spiro atoms. The second-order valence-corrected chi connectivity index (χ2v) is 5.69. The number of carbonyl (C=O) groups excluding carboxylic acids is 1. The van der Waals surface area contributed by atoms with Crippen molar-refractivity contribution < 1.29 is 14.3 Å². The van der Waals surface area contributed by atoms with Crippen LogP contribution in [0.2, 0.25) is 0 Å². The van der Waals surface area contributed by atoms with Crippen LogP contribution in [0, 0.1) is 0 Å². The van der Waals surface area contributed by atoms with Gasteiger partial charge < -0.3 is 14.8 Å². The summed E-state index contributed by atoms with van der Waals surface area (Å²) in [5.74, 6) is 1.82. The van der Waals surface area contributed by atoms with Crippen LogP contribution < -0.4 is 14.8 Å². The zero-order valence-corrected chi connectivity index (χ0v) is 11.9. The van der Waals surface area contributed by atoms with Crippen molar-refractivity contribution in [2.45, 2.75) is 44.6 Å². The van der Waals surface area contributed by atoms with Gasteiger partial charge in [-0.25, -0.2) is 0 Å². The Bertz CT molecular complexity index is 514. The average Bonchev–Trinajstić information content (AvgIpc) is 2.68. The lowest BCUT2D eigenvalue weighted by Crippen LogP contribution is -2.42. The summed E-state index contributed by atoms with van der Waals surface area (Å²) in [5, 5.41) is 3.15. The Kier molecular flexibility index (Phi) is 3.55. The number of amides is 1. The lowest BCUT2D eigenvalue weighted by molar-refractivity contribution is -0.119. The van der Waals surface area contributed by atoms with Gasteiger partial charge in [0.25, 0.3) is 0 Å². The first-order valence-electron chi connectivity index (χ1n) is 7.40. The predicted octanol–water partition coefficient (Wildman–Crippen LogP) is 2.45. The SMILES string of the molecule is CCC1(Cc2ccc3c(c2)OCCCO3)CCC(=O)N1. The minimum atomic E-state index is -0.0864. The maximum Gasteiger partial charge on any atom is 0.220 e. The molecular formula is C16H21NO3. The van der Waals surface area contributed by atoms with Gasteiger partial charge in [-0.1, -0.05) is 13.0 Å². The molecule has 108 valence electrons. The molecule has 2 heterocycles. The third-order valence-electron chi connectivity index (χ3n) is 4.27. The lowest BCUT2D eigenvalue weighted by Gasteiger charge is -2.28. The molecule has 1 fully saturated rings. The number of carbonyl (C=O) groups is 1.